The van der Waals surface area contributed by atoms with Gasteiger partial charge in [-0.3, -0.25) is 4.79 Å². The van der Waals surface area contributed by atoms with Gasteiger partial charge in [0.1, 0.15) is 17.3 Å². The molecule has 2 aliphatic heterocycles. The van der Waals surface area contributed by atoms with Crippen LogP contribution in [0.1, 0.15) is 48.1 Å². The molecule has 3 rings (SSSR count). The van der Waals surface area contributed by atoms with Crippen molar-refractivity contribution in [2.45, 2.75) is 44.8 Å². The van der Waals surface area contributed by atoms with Crippen LogP contribution < -0.4 is 10.6 Å². The third kappa shape index (κ3) is 2.91. The van der Waals surface area contributed by atoms with Crippen molar-refractivity contribution in [2.24, 2.45) is 0 Å². The fourth-order valence-corrected chi connectivity index (χ4v) is 2.76. The minimum absolute atomic E-state index is 0.113. The van der Waals surface area contributed by atoms with E-state index in [0.717, 1.165) is 5.56 Å². The molecule has 1 fully saturated rings. The van der Waals surface area contributed by atoms with Crippen molar-refractivity contribution in [3.63, 3.8) is 0 Å². The number of amides is 1. The Kier molecular flexibility index (Phi) is 4.26. The Morgan fingerprint density at radius 1 is 1.41 bits per heavy atom. The summed E-state index contributed by atoms with van der Waals surface area (Å²) in [6.07, 6.45) is 0.837. The maximum atomic E-state index is 12.1. The summed E-state index contributed by atoms with van der Waals surface area (Å²) in [7, 11) is 0. The van der Waals surface area contributed by atoms with Crippen molar-refractivity contribution in [1.82, 2.24) is 15.3 Å². The number of carbonyl (C=O) groups is 1. The van der Waals surface area contributed by atoms with Gasteiger partial charge >= 0.3 is 0 Å². The number of ether oxygens (including phenoxy) is 1. The van der Waals surface area contributed by atoms with Gasteiger partial charge in [-0.2, -0.15) is 0 Å². The second-order valence-electron chi connectivity index (χ2n) is 6.10. The Labute approximate surface area is 129 Å². The van der Waals surface area contributed by atoms with Crippen LogP contribution in [0.4, 0.5) is 5.82 Å². The second kappa shape index (κ2) is 6.18. The number of rotatable bonds is 3. The number of hydrogen-bond donors (Lipinski definition) is 3. The molecule has 1 saturated heterocycles. The molecule has 0 unspecified atom stereocenters. The lowest BCUT2D eigenvalue weighted by molar-refractivity contribution is -0.0135. The molecular weight excluding hydrogens is 284 g/mol. The summed E-state index contributed by atoms with van der Waals surface area (Å²) in [5.74, 6) is 1.29. The summed E-state index contributed by atoms with van der Waals surface area (Å²) in [6.45, 7) is 5.51. The minimum Gasteiger partial charge on any atom is -0.389 e. The first-order chi connectivity index (χ1) is 10.6. The summed E-state index contributed by atoms with van der Waals surface area (Å²) in [5.41, 5.74) is 1.29. The van der Waals surface area contributed by atoms with E-state index in [9.17, 15) is 9.90 Å². The smallest absolute Gasteiger partial charge is 0.270 e. The van der Waals surface area contributed by atoms with Crippen LogP contribution in [0.15, 0.2) is 0 Å². The highest BCUT2D eigenvalue weighted by Crippen LogP contribution is 2.25. The Morgan fingerprint density at radius 3 is 2.95 bits per heavy atom. The van der Waals surface area contributed by atoms with Gasteiger partial charge in [0, 0.05) is 24.6 Å². The van der Waals surface area contributed by atoms with Gasteiger partial charge in [0.15, 0.2) is 0 Å². The van der Waals surface area contributed by atoms with Crippen LogP contribution in [0, 0.1) is 0 Å². The number of fused-ring (bicyclic) bond motifs is 1. The quantitative estimate of drug-likeness (QED) is 0.750. The van der Waals surface area contributed by atoms with E-state index < -0.39 is 6.10 Å². The number of anilines is 1. The number of nitrogens with zero attached hydrogens (tertiary/aromatic N) is 2. The predicted molar refractivity (Wildman–Crippen MR) is 81.0 cm³/mol. The molecule has 3 N–H and O–H groups in total. The average molecular weight is 306 g/mol. The predicted octanol–water partition coefficient (Wildman–Crippen LogP) is 0.448. The third-order valence-electron chi connectivity index (χ3n) is 4.06. The molecule has 22 heavy (non-hydrogen) atoms. The van der Waals surface area contributed by atoms with Crippen molar-refractivity contribution < 1.29 is 14.6 Å². The van der Waals surface area contributed by atoms with Crippen LogP contribution in [-0.2, 0) is 11.2 Å². The molecule has 7 heteroatoms. The zero-order chi connectivity index (χ0) is 15.7. The van der Waals surface area contributed by atoms with E-state index in [2.05, 4.69) is 20.6 Å². The van der Waals surface area contributed by atoms with E-state index >= 15 is 0 Å². The van der Waals surface area contributed by atoms with Gasteiger partial charge in [0.25, 0.3) is 5.91 Å². The average Bonchev–Trinajstić information content (AvgIpc) is 2.50. The number of hydrogen-bond acceptors (Lipinski definition) is 6. The van der Waals surface area contributed by atoms with Crippen molar-refractivity contribution in [3.8, 4) is 0 Å². The highest BCUT2D eigenvalue weighted by Gasteiger charge is 2.28. The van der Waals surface area contributed by atoms with Crippen LogP contribution >= 0.6 is 0 Å². The zero-order valence-corrected chi connectivity index (χ0v) is 12.9. The highest BCUT2D eigenvalue weighted by atomic mass is 16.5. The normalized spacial score (nSPS) is 24.8. The topological polar surface area (TPSA) is 96.4 Å². The van der Waals surface area contributed by atoms with Crippen molar-refractivity contribution in [3.05, 3.63) is 17.1 Å². The molecule has 7 nitrogen and oxygen atoms in total. The molecule has 0 aromatic carbocycles. The first-order valence-electron chi connectivity index (χ1n) is 7.77. The molecule has 0 spiro atoms. The van der Waals surface area contributed by atoms with Crippen molar-refractivity contribution in [2.75, 3.05) is 25.1 Å². The Hall–Kier alpha value is -1.73. The van der Waals surface area contributed by atoms with E-state index in [4.69, 9.17) is 4.74 Å². The minimum atomic E-state index is -0.570. The van der Waals surface area contributed by atoms with Gasteiger partial charge in [-0.25, -0.2) is 9.97 Å². The fourth-order valence-electron chi connectivity index (χ4n) is 2.76. The van der Waals surface area contributed by atoms with Gasteiger partial charge in [-0.15, -0.1) is 0 Å². The van der Waals surface area contributed by atoms with E-state index in [1.54, 1.807) is 0 Å². The molecule has 0 radical (unpaired) electrons. The maximum absolute atomic E-state index is 12.1. The van der Waals surface area contributed by atoms with Crippen LogP contribution in [0.3, 0.4) is 0 Å². The summed E-state index contributed by atoms with van der Waals surface area (Å²) in [6, 6.07) is -0.113. The monoisotopic (exact) mass is 306 g/mol. The molecule has 1 aromatic heterocycles. The van der Waals surface area contributed by atoms with Gasteiger partial charge in [0.05, 0.1) is 18.8 Å². The molecule has 0 saturated carbocycles. The number of aliphatic hydroxyl groups is 1. The van der Waals surface area contributed by atoms with Gasteiger partial charge < -0.3 is 20.5 Å². The molecule has 120 valence electrons. The molecular formula is C15H22N4O3. The van der Waals surface area contributed by atoms with Crippen LogP contribution in [0.2, 0.25) is 0 Å². The Morgan fingerprint density at radius 2 is 2.23 bits per heavy atom. The summed E-state index contributed by atoms with van der Waals surface area (Å²) in [5, 5.41) is 16.2. The molecule has 0 aliphatic carbocycles. The molecule has 1 aromatic rings. The summed E-state index contributed by atoms with van der Waals surface area (Å²) in [4.78, 5) is 21.1. The van der Waals surface area contributed by atoms with E-state index in [1.165, 1.54) is 0 Å². The number of carbonyl (C=O) groups excluding carboxylic acids is 1. The van der Waals surface area contributed by atoms with Gasteiger partial charge in [-0.05, 0) is 12.8 Å². The lowest BCUT2D eigenvalue weighted by Crippen LogP contribution is -2.43. The lowest BCUT2D eigenvalue weighted by atomic mass is 10.0. The Bertz CT molecular complexity index is 576. The number of aromatic nitrogens is 2. The molecule has 2 aliphatic rings. The Balaban J connectivity index is 1.96. The molecule has 0 bridgehead atoms. The standard InChI is InChI=1S/C15H22N4O3/c1-8(2)13-18-12-9(3-5-16-15(12)21)14(19-13)17-10-4-6-22-7-11(10)20/h8,10-11,20H,3-7H2,1-2H3,(H,16,21)(H,17,18,19)/t10-,11-/m0/s1. The van der Waals surface area contributed by atoms with Crippen LogP contribution in [-0.4, -0.2) is 52.9 Å². The summed E-state index contributed by atoms with van der Waals surface area (Å²) >= 11 is 0. The largest absolute Gasteiger partial charge is 0.389 e. The molecule has 3 heterocycles. The summed E-state index contributed by atoms with van der Waals surface area (Å²) < 4.78 is 5.25. The number of aliphatic hydroxyl groups excluding tert-OH is 1. The first-order valence-corrected chi connectivity index (χ1v) is 7.77. The molecule has 2 atom stereocenters. The van der Waals surface area contributed by atoms with E-state index in [1.807, 2.05) is 13.8 Å². The van der Waals surface area contributed by atoms with E-state index in [-0.39, 0.29) is 17.9 Å². The first kappa shape index (κ1) is 15.2. The third-order valence-corrected chi connectivity index (χ3v) is 4.06. The van der Waals surface area contributed by atoms with Crippen molar-refractivity contribution in [1.29, 1.82) is 0 Å². The van der Waals surface area contributed by atoms with Gasteiger partial charge in [-0.1, -0.05) is 13.8 Å². The van der Waals surface area contributed by atoms with Crippen LogP contribution in [0.25, 0.3) is 0 Å². The molecule has 1 amide bonds. The van der Waals surface area contributed by atoms with Crippen molar-refractivity contribution >= 4 is 11.7 Å². The van der Waals surface area contributed by atoms with Gasteiger partial charge in [0.2, 0.25) is 0 Å². The van der Waals surface area contributed by atoms with Crippen LogP contribution in [0.5, 0.6) is 0 Å². The lowest BCUT2D eigenvalue weighted by Gasteiger charge is -2.30. The highest BCUT2D eigenvalue weighted by molar-refractivity contribution is 5.96. The SMILES string of the molecule is CC(C)c1nc(N[C@H]2CCOC[C@@H]2O)c2c(n1)C(=O)NCC2. The number of nitrogens with one attached hydrogen (secondary N) is 2. The second-order valence-corrected chi connectivity index (χ2v) is 6.10. The van der Waals surface area contributed by atoms with E-state index in [0.29, 0.717) is 49.9 Å². The fraction of sp³-hybridized carbons (Fsp3) is 0.667. The zero-order valence-electron chi connectivity index (χ0n) is 12.9. The maximum Gasteiger partial charge on any atom is 0.270 e.